The predicted octanol–water partition coefficient (Wildman–Crippen LogP) is 3.67. The van der Waals surface area contributed by atoms with Crippen molar-refractivity contribution < 1.29 is 13.9 Å². The number of carbonyl (C=O) groups excluding carboxylic acids is 1. The summed E-state index contributed by atoms with van der Waals surface area (Å²) in [6, 6.07) is 11.3. The predicted molar refractivity (Wildman–Crippen MR) is 88.3 cm³/mol. The number of ether oxygens (including phenoxy) is 1. The van der Waals surface area contributed by atoms with Gasteiger partial charge in [0.05, 0.1) is 6.54 Å². The van der Waals surface area contributed by atoms with Gasteiger partial charge in [-0.2, -0.15) is 0 Å². The van der Waals surface area contributed by atoms with Crippen LogP contribution in [0, 0.1) is 12.7 Å². The smallest absolute Gasteiger partial charge is 0.315 e. The van der Waals surface area contributed by atoms with Gasteiger partial charge in [0.15, 0.2) is 0 Å². The minimum Gasteiger partial charge on any atom is -0.492 e. The third-order valence-electron chi connectivity index (χ3n) is 3.18. The Morgan fingerprint density at radius 1 is 1.22 bits per heavy atom. The summed E-state index contributed by atoms with van der Waals surface area (Å²) in [7, 11) is 0. The molecule has 0 atom stereocenters. The summed E-state index contributed by atoms with van der Waals surface area (Å²) in [4.78, 5) is 11.6. The number of hydrogen-bond acceptors (Lipinski definition) is 2. The van der Waals surface area contributed by atoms with Crippen LogP contribution in [0.2, 0.25) is 5.02 Å². The highest BCUT2D eigenvalue weighted by atomic mass is 35.5. The minimum atomic E-state index is -0.371. The van der Waals surface area contributed by atoms with Crippen LogP contribution in [0.3, 0.4) is 0 Å². The molecule has 0 aliphatic carbocycles. The van der Waals surface area contributed by atoms with Crippen LogP contribution in [0.5, 0.6) is 5.75 Å². The Bertz CT molecular complexity index is 679. The summed E-state index contributed by atoms with van der Waals surface area (Å²) in [6.07, 6.45) is 0. The highest BCUT2D eigenvalue weighted by Gasteiger charge is 2.04. The zero-order valence-corrected chi connectivity index (χ0v) is 13.5. The van der Waals surface area contributed by atoms with E-state index in [1.54, 1.807) is 30.3 Å². The van der Waals surface area contributed by atoms with Crippen LogP contribution in [0.4, 0.5) is 9.18 Å². The first-order valence-corrected chi connectivity index (χ1v) is 7.58. The first kappa shape index (κ1) is 17.1. The van der Waals surface area contributed by atoms with Gasteiger partial charge in [-0.15, -0.1) is 0 Å². The van der Waals surface area contributed by atoms with Gasteiger partial charge in [-0.1, -0.05) is 29.8 Å². The number of urea groups is 1. The average Bonchev–Trinajstić information content (AvgIpc) is 2.54. The van der Waals surface area contributed by atoms with Crippen LogP contribution in [0.15, 0.2) is 42.5 Å². The molecule has 0 unspecified atom stereocenters. The van der Waals surface area contributed by atoms with Crippen molar-refractivity contribution >= 4 is 17.6 Å². The van der Waals surface area contributed by atoms with Crippen molar-refractivity contribution in [2.75, 3.05) is 13.2 Å². The fraction of sp³-hybridized carbons (Fsp3) is 0.235. The Morgan fingerprint density at radius 3 is 2.74 bits per heavy atom. The van der Waals surface area contributed by atoms with E-state index < -0.39 is 0 Å². The van der Waals surface area contributed by atoms with E-state index >= 15 is 0 Å². The summed E-state index contributed by atoms with van der Waals surface area (Å²) in [5.74, 6) is 0.356. The van der Waals surface area contributed by atoms with Gasteiger partial charge in [0.25, 0.3) is 0 Å². The Hall–Kier alpha value is -2.27. The van der Waals surface area contributed by atoms with Crippen molar-refractivity contribution in [1.29, 1.82) is 0 Å². The lowest BCUT2D eigenvalue weighted by atomic mass is 10.2. The van der Waals surface area contributed by atoms with Crippen molar-refractivity contribution in [1.82, 2.24) is 10.6 Å². The van der Waals surface area contributed by atoms with Gasteiger partial charge < -0.3 is 15.4 Å². The normalized spacial score (nSPS) is 10.2. The van der Waals surface area contributed by atoms with E-state index in [4.69, 9.17) is 16.3 Å². The molecule has 0 bridgehead atoms. The molecule has 0 saturated heterocycles. The maximum atomic E-state index is 13.4. The number of halogens is 2. The van der Waals surface area contributed by atoms with Crippen molar-refractivity contribution in [3.05, 3.63) is 64.4 Å². The van der Waals surface area contributed by atoms with E-state index in [0.29, 0.717) is 29.5 Å². The number of amides is 2. The molecule has 0 fully saturated rings. The van der Waals surface area contributed by atoms with Crippen LogP contribution in [0.25, 0.3) is 0 Å². The first-order valence-electron chi connectivity index (χ1n) is 7.20. The molecule has 0 aliphatic heterocycles. The van der Waals surface area contributed by atoms with Crippen LogP contribution in [-0.4, -0.2) is 19.2 Å². The molecule has 2 N–H and O–H groups in total. The second-order valence-electron chi connectivity index (χ2n) is 4.96. The molecule has 23 heavy (non-hydrogen) atoms. The van der Waals surface area contributed by atoms with Crippen LogP contribution >= 0.6 is 11.6 Å². The summed E-state index contributed by atoms with van der Waals surface area (Å²) in [6.45, 7) is 2.69. The largest absolute Gasteiger partial charge is 0.492 e. The fourth-order valence-electron chi connectivity index (χ4n) is 1.92. The molecule has 6 heteroatoms. The van der Waals surface area contributed by atoms with Gasteiger partial charge >= 0.3 is 6.03 Å². The number of carbonyl (C=O) groups is 1. The summed E-state index contributed by atoms with van der Waals surface area (Å²) < 4.78 is 18.9. The molecule has 2 aromatic carbocycles. The van der Waals surface area contributed by atoms with Crippen LogP contribution in [-0.2, 0) is 6.54 Å². The molecule has 0 saturated carbocycles. The summed E-state index contributed by atoms with van der Waals surface area (Å²) in [5, 5.41) is 5.92. The Morgan fingerprint density at radius 2 is 2.00 bits per heavy atom. The van der Waals surface area contributed by atoms with Gasteiger partial charge in [-0.05, 0) is 36.8 Å². The quantitative estimate of drug-likeness (QED) is 0.791. The maximum Gasteiger partial charge on any atom is 0.315 e. The molecular weight excluding hydrogens is 319 g/mol. The molecule has 0 spiro atoms. The van der Waals surface area contributed by atoms with Crippen LogP contribution in [0.1, 0.15) is 11.1 Å². The van der Waals surface area contributed by atoms with Gasteiger partial charge in [0.1, 0.15) is 18.2 Å². The molecular formula is C17H18ClFN2O2. The summed E-state index contributed by atoms with van der Waals surface area (Å²) >= 11 is 5.93. The lowest BCUT2D eigenvalue weighted by molar-refractivity contribution is 0.236. The Labute approximate surface area is 139 Å². The molecule has 0 radical (unpaired) electrons. The van der Waals surface area contributed by atoms with Gasteiger partial charge in [-0.3, -0.25) is 0 Å². The maximum absolute atomic E-state index is 13.4. The van der Waals surface area contributed by atoms with Crippen molar-refractivity contribution in [2.24, 2.45) is 0 Å². The Kier molecular flexibility index (Phi) is 6.23. The lowest BCUT2D eigenvalue weighted by Gasteiger charge is -2.10. The fourth-order valence-corrected chi connectivity index (χ4v) is 2.04. The molecule has 4 nitrogen and oxygen atoms in total. The van der Waals surface area contributed by atoms with Gasteiger partial charge in [0.2, 0.25) is 0 Å². The van der Waals surface area contributed by atoms with Crippen molar-refractivity contribution in [2.45, 2.75) is 13.5 Å². The van der Waals surface area contributed by atoms with Gasteiger partial charge in [-0.25, -0.2) is 9.18 Å². The van der Waals surface area contributed by atoms with Crippen molar-refractivity contribution in [3.63, 3.8) is 0 Å². The number of benzene rings is 2. The molecule has 2 amide bonds. The second kappa shape index (κ2) is 8.39. The Balaban J connectivity index is 1.67. The molecule has 122 valence electrons. The zero-order valence-electron chi connectivity index (χ0n) is 12.7. The number of aryl methyl sites for hydroxylation is 1. The number of rotatable bonds is 6. The molecule has 2 rings (SSSR count). The molecule has 0 heterocycles. The van der Waals surface area contributed by atoms with E-state index in [-0.39, 0.29) is 18.4 Å². The third-order valence-corrected chi connectivity index (χ3v) is 3.61. The second-order valence-corrected chi connectivity index (χ2v) is 5.37. The standard InChI is InChI=1S/C17H18ClFN2O2/c1-12-10-14(6-7-15(12)18)23-9-8-20-17(22)21-11-13-4-2-3-5-16(13)19/h2-7,10H,8-9,11H2,1H3,(H2,20,21,22). The van der Waals surface area contributed by atoms with E-state index in [1.807, 2.05) is 13.0 Å². The number of hydrogen-bond donors (Lipinski definition) is 2. The van der Waals surface area contributed by atoms with Crippen molar-refractivity contribution in [3.8, 4) is 5.75 Å². The van der Waals surface area contributed by atoms with Crippen LogP contribution < -0.4 is 15.4 Å². The van der Waals surface area contributed by atoms with Gasteiger partial charge in [0, 0.05) is 17.1 Å². The average molecular weight is 337 g/mol. The lowest BCUT2D eigenvalue weighted by Crippen LogP contribution is -2.37. The highest BCUT2D eigenvalue weighted by Crippen LogP contribution is 2.20. The SMILES string of the molecule is Cc1cc(OCCNC(=O)NCc2ccccc2F)ccc1Cl. The zero-order chi connectivity index (χ0) is 16.7. The minimum absolute atomic E-state index is 0.135. The molecule has 0 aliphatic rings. The highest BCUT2D eigenvalue weighted by molar-refractivity contribution is 6.31. The monoisotopic (exact) mass is 336 g/mol. The third kappa shape index (κ3) is 5.45. The van der Waals surface area contributed by atoms with E-state index in [1.165, 1.54) is 6.07 Å². The first-order chi connectivity index (χ1) is 11.1. The summed E-state index contributed by atoms with van der Waals surface area (Å²) in [5.41, 5.74) is 1.37. The van der Waals surface area contributed by atoms with E-state index in [2.05, 4.69) is 10.6 Å². The number of nitrogens with one attached hydrogen (secondary N) is 2. The molecule has 0 aromatic heterocycles. The topological polar surface area (TPSA) is 50.4 Å². The molecule has 2 aromatic rings. The van der Waals surface area contributed by atoms with E-state index in [9.17, 15) is 9.18 Å². The van der Waals surface area contributed by atoms with E-state index in [0.717, 1.165) is 5.56 Å².